The number of Topliss-reactive ketones (excluding diaryl/α,β-unsaturated/α-hetero) is 1. The lowest BCUT2D eigenvalue weighted by Gasteiger charge is -2.20. The maximum atomic E-state index is 12.1. The Kier molecular flexibility index (Phi) is 7.20. The summed E-state index contributed by atoms with van der Waals surface area (Å²) in [5, 5.41) is 8.83. The van der Waals surface area contributed by atoms with E-state index in [1.54, 1.807) is 11.3 Å². The van der Waals surface area contributed by atoms with Gasteiger partial charge in [0, 0.05) is 41.8 Å². The lowest BCUT2D eigenvalue weighted by atomic mass is 10.1. The number of hydrogen-bond acceptors (Lipinski definition) is 5. The second kappa shape index (κ2) is 8.65. The fourth-order valence-corrected chi connectivity index (χ4v) is 3.02. The van der Waals surface area contributed by atoms with Crippen LogP contribution in [0.4, 0.5) is 0 Å². The van der Waals surface area contributed by atoms with Crippen LogP contribution in [0.3, 0.4) is 0 Å². The number of carbonyl (C=O) groups excluding carboxylic acids is 2. The summed E-state index contributed by atoms with van der Waals surface area (Å²) in [5.74, 6) is -1.52. The van der Waals surface area contributed by atoms with Crippen molar-refractivity contribution in [2.24, 2.45) is 0 Å². The molecule has 0 aliphatic rings. The normalized spacial score (nSPS) is 10.5. The van der Waals surface area contributed by atoms with Gasteiger partial charge in [-0.1, -0.05) is 0 Å². The molecule has 0 fully saturated rings. The Bertz CT molecular complexity index is 552. The molecule has 22 heavy (non-hydrogen) atoms. The van der Waals surface area contributed by atoms with Gasteiger partial charge >= 0.3 is 5.97 Å². The third-order valence-electron chi connectivity index (χ3n) is 3.15. The number of nitrogens with zero attached hydrogens (tertiary/aromatic N) is 1. The number of methoxy groups -OCH3 is 1. The van der Waals surface area contributed by atoms with E-state index in [4.69, 9.17) is 9.84 Å². The maximum absolute atomic E-state index is 12.1. The van der Waals surface area contributed by atoms with Gasteiger partial charge in [0.1, 0.15) is 6.54 Å². The third-order valence-corrected chi connectivity index (χ3v) is 4.12. The van der Waals surface area contributed by atoms with Crippen molar-refractivity contribution in [2.45, 2.75) is 26.7 Å². The molecule has 1 rings (SSSR count). The topological polar surface area (TPSA) is 83.9 Å². The molecule has 1 N–H and O–H groups in total. The summed E-state index contributed by atoms with van der Waals surface area (Å²) in [5.41, 5.74) is 0.650. The quantitative estimate of drug-likeness (QED) is 0.700. The number of rotatable bonds is 9. The van der Waals surface area contributed by atoms with Gasteiger partial charge in [0.2, 0.25) is 5.91 Å². The highest BCUT2D eigenvalue weighted by Gasteiger charge is 2.19. The average molecular weight is 327 g/mol. The number of ketones is 1. The fraction of sp³-hybridized carbons (Fsp3) is 0.533. The molecule has 1 heterocycles. The minimum Gasteiger partial charge on any atom is -0.480 e. The summed E-state index contributed by atoms with van der Waals surface area (Å²) < 4.78 is 4.87. The largest absolute Gasteiger partial charge is 0.480 e. The van der Waals surface area contributed by atoms with Crippen molar-refractivity contribution < 1.29 is 24.2 Å². The predicted octanol–water partition coefficient (Wildman–Crippen LogP) is 1.89. The van der Waals surface area contributed by atoms with Crippen molar-refractivity contribution in [1.82, 2.24) is 4.90 Å². The molecule has 1 amide bonds. The van der Waals surface area contributed by atoms with Crippen molar-refractivity contribution >= 4 is 29.0 Å². The van der Waals surface area contributed by atoms with Crippen LogP contribution in [0.15, 0.2) is 6.07 Å². The number of carboxylic acids is 1. The van der Waals surface area contributed by atoms with Crippen molar-refractivity contribution in [1.29, 1.82) is 0 Å². The molecule has 0 saturated carbocycles. The Morgan fingerprint density at radius 1 is 1.27 bits per heavy atom. The lowest BCUT2D eigenvalue weighted by Crippen LogP contribution is -2.38. The third kappa shape index (κ3) is 5.57. The van der Waals surface area contributed by atoms with Crippen LogP contribution in [0.1, 0.15) is 33.0 Å². The molecule has 0 aliphatic carbocycles. The molecule has 122 valence electrons. The summed E-state index contributed by atoms with van der Waals surface area (Å²) >= 11 is 1.55. The van der Waals surface area contributed by atoms with Crippen LogP contribution in [0, 0.1) is 13.8 Å². The van der Waals surface area contributed by atoms with Crippen molar-refractivity contribution in [3.05, 3.63) is 21.4 Å². The van der Waals surface area contributed by atoms with Gasteiger partial charge in [-0.25, -0.2) is 0 Å². The Morgan fingerprint density at radius 3 is 2.45 bits per heavy atom. The van der Waals surface area contributed by atoms with Crippen LogP contribution in [0.5, 0.6) is 0 Å². The monoisotopic (exact) mass is 327 g/mol. The van der Waals surface area contributed by atoms with Crippen molar-refractivity contribution in [3.8, 4) is 0 Å². The summed E-state index contributed by atoms with van der Waals surface area (Å²) in [6.07, 6.45) is 0.0864. The average Bonchev–Trinajstić information content (AvgIpc) is 2.79. The Balaban J connectivity index is 2.59. The molecule has 0 aromatic carbocycles. The molecule has 0 aliphatic heterocycles. The standard InChI is InChI=1S/C15H21NO5S/c1-10-8-12(11(2)22-10)13(17)4-5-14(18)16(6-7-21-3)9-15(19)20/h8H,4-7,9H2,1-3H3,(H,19,20). The number of thiophene rings is 1. The van der Waals surface area contributed by atoms with Gasteiger partial charge in [-0.15, -0.1) is 11.3 Å². The highest BCUT2D eigenvalue weighted by molar-refractivity contribution is 7.12. The maximum Gasteiger partial charge on any atom is 0.323 e. The summed E-state index contributed by atoms with van der Waals surface area (Å²) in [4.78, 5) is 38.2. The molecule has 0 spiro atoms. The SMILES string of the molecule is COCCN(CC(=O)O)C(=O)CCC(=O)c1cc(C)sc1C. The van der Waals surface area contributed by atoms with Gasteiger partial charge in [0.25, 0.3) is 0 Å². The van der Waals surface area contributed by atoms with E-state index in [9.17, 15) is 14.4 Å². The smallest absolute Gasteiger partial charge is 0.323 e. The molecule has 1 aromatic heterocycles. The first-order chi connectivity index (χ1) is 10.3. The van der Waals surface area contributed by atoms with Crippen LogP contribution in [-0.4, -0.2) is 54.5 Å². The van der Waals surface area contributed by atoms with Gasteiger partial charge in [0.05, 0.1) is 6.61 Å². The fourth-order valence-electron chi connectivity index (χ4n) is 2.08. The molecule has 0 atom stereocenters. The summed E-state index contributed by atoms with van der Waals surface area (Å²) in [6.45, 7) is 3.89. The Labute approximate surface area is 133 Å². The highest BCUT2D eigenvalue weighted by Crippen LogP contribution is 2.22. The van der Waals surface area contributed by atoms with Crippen LogP contribution in [0.25, 0.3) is 0 Å². The number of ether oxygens (including phenoxy) is 1. The number of amides is 1. The van der Waals surface area contributed by atoms with E-state index in [2.05, 4.69) is 0 Å². The van der Waals surface area contributed by atoms with Crippen molar-refractivity contribution in [2.75, 3.05) is 26.8 Å². The van der Waals surface area contributed by atoms with E-state index in [0.29, 0.717) is 5.56 Å². The summed E-state index contributed by atoms with van der Waals surface area (Å²) in [7, 11) is 1.48. The van der Waals surface area contributed by atoms with Gasteiger partial charge < -0.3 is 14.7 Å². The molecule has 0 unspecified atom stereocenters. The van der Waals surface area contributed by atoms with Gasteiger partial charge in [-0.3, -0.25) is 14.4 Å². The zero-order valence-electron chi connectivity index (χ0n) is 13.0. The first-order valence-electron chi connectivity index (χ1n) is 6.94. The van der Waals surface area contributed by atoms with Gasteiger partial charge in [-0.2, -0.15) is 0 Å². The van der Waals surface area contributed by atoms with E-state index < -0.39 is 5.97 Å². The van der Waals surface area contributed by atoms with Crippen LogP contribution < -0.4 is 0 Å². The second-order valence-corrected chi connectivity index (χ2v) is 6.41. The second-order valence-electron chi connectivity index (χ2n) is 4.95. The number of carboxylic acid groups (broad SMARTS) is 1. The van der Waals surface area contributed by atoms with Gasteiger partial charge in [-0.05, 0) is 19.9 Å². The van der Waals surface area contributed by atoms with E-state index in [0.717, 1.165) is 9.75 Å². The van der Waals surface area contributed by atoms with E-state index in [1.165, 1.54) is 12.0 Å². The molecule has 7 heteroatoms. The zero-order valence-corrected chi connectivity index (χ0v) is 13.9. The molecule has 0 bridgehead atoms. The Morgan fingerprint density at radius 2 is 1.95 bits per heavy atom. The molecule has 0 radical (unpaired) electrons. The number of hydrogen-bond donors (Lipinski definition) is 1. The molecule has 0 saturated heterocycles. The minimum atomic E-state index is -1.08. The number of aryl methyl sites for hydroxylation is 2. The van der Waals surface area contributed by atoms with Crippen LogP contribution >= 0.6 is 11.3 Å². The number of carbonyl (C=O) groups is 3. The van der Waals surface area contributed by atoms with Gasteiger partial charge in [0.15, 0.2) is 5.78 Å². The van der Waals surface area contributed by atoms with Crippen molar-refractivity contribution in [3.63, 3.8) is 0 Å². The minimum absolute atomic E-state index is 0.00413. The van der Waals surface area contributed by atoms with E-state index in [1.807, 2.05) is 19.9 Å². The highest BCUT2D eigenvalue weighted by atomic mass is 32.1. The van der Waals surface area contributed by atoms with E-state index in [-0.39, 0.29) is 44.2 Å². The van der Waals surface area contributed by atoms with Crippen LogP contribution in [0.2, 0.25) is 0 Å². The lowest BCUT2D eigenvalue weighted by molar-refractivity contribution is -0.144. The molecular formula is C15H21NO5S. The molecular weight excluding hydrogens is 306 g/mol. The van der Waals surface area contributed by atoms with Crippen LogP contribution in [-0.2, 0) is 14.3 Å². The van der Waals surface area contributed by atoms with E-state index >= 15 is 0 Å². The summed E-state index contributed by atoms with van der Waals surface area (Å²) in [6, 6.07) is 1.83. The first kappa shape index (κ1) is 18.3. The Hall–Kier alpha value is -1.73. The zero-order chi connectivity index (χ0) is 16.7. The molecule has 1 aromatic rings. The molecule has 6 nitrogen and oxygen atoms in total. The number of aliphatic carboxylic acids is 1. The first-order valence-corrected chi connectivity index (χ1v) is 7.75. The predicted molar refractivity (Wildman–Crippen MR) is 83.4 cm³/mol.